The molecule has 4 rings (SSSR count). The Morgan fingerprint density at radius 3 is 2.26 bits per heavy atom. The first kappa shape index (κ1) is 23.1. The van der Waals surface area contributed by atoms with Crippen LogP contribution in [0.4, 0.5) is 5.69 Å². The lowest BCUT2D eigenvalue weighted by Gasteiger charge is -2.13. The number of thioether (sulfide) groups is 1. The molecule has 0 saturated carbocycles. The van der Waals surface area contributed by atoms with Crippen LogP contribution in [0, 0.1) is 0 Å². The van der Waals surface area contributed by atoms with Gasteiger partial charge < -0.3 is 15.2 Å². The number of carboxylic acids is 1. The van der Waals surface area contributed by atoms with E-state index in [9.17, 15) is 14.7 Å². The van der Waals surface area contributed by atoms with E-state index in [-0.39, 0.29) is 5.91 Å². The summed E-state index contributed by atoms with van der Waals surface area (Å²) >= 11 is 1.11. The molecule has 0 radical (unpaired) electrons. The quantitative estimate of drug-likeness (QED) is 0.355. The molecule has 0 aliphatic heterocycles. The van der Waals surface area contributed by atoms with Gasteiger partial charge in [0.15, 0.2) is 11.0 Å². The highest BCUT2D eigenvalue weighted by Crippen LogP contribution is 2.31. The molecule has 1 unspecified atom stereocenters. The molecule has 1 amide bonds. The van der Waals surface area contributed by atoms with E-state index >= 15 is 0 Å². The third kappa shape index (κ3) is 5.10. The average molecular weight is 475 g/mol. The zero-order chi connectivity index (χ0) is 24.1. The molecule has 0 fully saturated rings. The fourth-order valence-electron chi connectivity index (χ4n) is 3.20. The maximum atomic E-state index is 12.4. The smallest absolute Gasteiger partial charge is 0.316 e. The summed E-state index contributed by atoms with van der Waals surface area (Å²) in [7, 11) is 1.59. The number of ether oxygens (including phenoxy) is 1. The summed E-state index contributed by atoms with van der Waals surface area (Å²) in [6.45, 7) is 1.60. The molecule has 1 atom stereocenters. The number of methoxy groups -OCH3 is 1. The molecule has 34 heavy (non-hydrogen) atoms. The number of hydrogen-bond donors (Lipinski definition) is 2. The molecule has 8 nitrogen and oxygen atoms in total. The summed E-state index contributed by atoms with van der Waals surface area (Å²) in [6, 6.07) is 23.6. The maximum Gasteiger partial charge on any atom is 0.316 e. The first-order valence-electron chi connectivity index (χ1n) is 10.4. The largest absolute Gasteiger partial charge is 0.497 e. The van der Waals surface area contributed by atoms with Crippen LogP contribution in [0.5, 0.6) is 5.75 Å². The predicted molar refractivity (Wildman–Crippen MR) is 131 cm³/mol. The highest BCUT2D eigenvalue weighted by molar-refractivity contribution is 8.00. The van der Waals surface area contributed by atoms with Crippen LogP contribution in [0.15, 0.2) is 84.0 Å². The molecular formula is C25H22N4O4S. The van der Waals surface area contributed by atoms with Crippen LogP contribution in [0.1, 0.15) is 17.3 Å². The minimum absolute atomic E-state index is 0.198. The number of anilines is 1. The van der Waals surface area contributed by atoms with Crippen molar-refractivity contribution in [2.75, 3.05) is 12.4 Å². The molecule has 172 valence electrons. The fourth-order valence-corrected chi connectivity index (χ4v) is 4.00. The van der Waals surface area contributed by atoms with Crippen molar-refractivity contribution in [3.63, 3.8) is 0 Å². The van der Waals surface area contributed by atoms with E-state index in [4.69, 9.17) is 4.74 Å². The molecule has 1 aromatic heterocycles. The standard InChI is InChI=1S/C25H22N4O4S/c1-16(24(31)32)34-25-28-27-22(29(25)20-12-14-21(33-2)15-13-20)17-8-10-19(11-9-17)26-23(30)18-6-4-3-5-7-18/h3-16H,1-2H3,(H,26,30)(H,31,32). The Kier molecular flexibility index (Phi) is 6.93. The highest BCUT2D eigenvalue weighted by atomic mass is 32.2. The van der Waals surface area contributed by atoms with Crippen molar-refractivity contribution in [2.24, 2.45) is 0 Å². The number of aliphatic carboxylic acids is 1. The first-order valence-corrected chi connectivity index (χ1v) is 11.3. The molecule has 0 bridgehead atoms. The van der Waals surface area contributed by atoms with Gasteiger partial charge in [0.2, 0.25) is 0 Å². The number of nitrogens with one attached hydrogen (secondary N) is 1. The Morgan fingerprint density at radius 1 is 0.971 bits per heavy atom. The number of aromatic nitrogens is 3. The number of nitrogens with zero attached hydrogens (tertiary/aromatic N) is 3. The molecule has 2 N–H and O–H groups in total. The van der Waals surface area contributed by atoms with Crippen molar-refractivity contribution < 1.29 is 19.4 Å². The second-order valence-corrected chi connectivity index (χ2v) is 8.64. The summed E-state index contributed by atoms with van der Waals surface area (Å²) in [5, 5.41) is 20.6. The average Bonchev–Trinajstić information content (AvgIpc) is 3.28. The summed E-state index contributed by atoms with van der Waals surface area (Å²) in [5.74, 6) is 0.113. The normalized spacial score (nSPS) is 11.6. The van der Waals surface area contributed by atoms with Crippen molar-refractivity contribution in [1.82, 2.24) is 14.8 Å². The van der Waals surface area contributed by atoms with Crippen LogP contribution in [0.2, 0.25) is 0 Å². The molecular weight excluding hydrogens is 452 g/mol. The molecule has 3 aromatic carbocycles. The van der Waals surface area contributed by atoms with E-state index in [0.29, 0.717) is 28.0 Å². The Bertz CT molecular complexity index is 1290. The van der Waals surface area contributed by atoms with Gasteiger partial charge >= 0.3 is 5.97 Å². The maximum absolute atomic E-state index is 12.4. The van der Waals surface area contributed by atoms with Gasteiger partial charge in [0.25, 0.3) is 5.91 Å². The molecule has 0 spiro atoms. The number of rotatable bonds is 8. The summed E-state index contributed by atoms with van der Waals surface area (Å²) in [4.78, 5) is 23.8. The molecule has 9 heteroatoms. The van der Waals surface area contributed by atoms with Crippen molar-refractivity contribution in [2.45, 2.75) is 17.3 Å². The van der Waals surface area contributed by atoms with Gasteiger partial charge in [-0.05, 0) is 67.6 Å². The van der Waals surface area contributed by atoms with Gasteiger partial charge in [0.1, 0.15) is 11.0 Å². The third-order valence-corrected chi connectivity index (χ3v) is 6.06. The van der Waals surface area contributed by atoms with Gasteiger partial charge in [-0.3, -0.25) is 14.2 Å². The van der Waals surface area contributed by atoms with Gasteiger partial charge in [-0.25, -0.2) is 0 Å². The zero-order valence-corrected chi connectivity index (χ0v) is 19.3. The van der Waals surface area contributed by atoms with E-state index in [2.05, 4.69) is 15.5 Å². The molecule has 0 aliphatic carbocycles. The topological polar surface area (TPSA) is 106 Å². The van der Waals surface area contributed by atoms with Crippen molar-refractivity contribution in [3.8, 4) is 22.8 Å². The highest BCUT2D eigenvalue weighted by Gasteiger charge is 2.21. The van der Waals surface area contributed by atoms with E-state index < -0.39 is 11.2 Å². The first-order chi connectivity index (χ1) is 16.5. The zero-order valence-electron chi connectivity index (χ0n) is 18.5. The van der Waals surface area contributed by atoms with Crippen LogP contribution in [-0.4, -0.2) is 44.1 Å². The van der Waals surface area contributed by atoms with Crippen LogP contribution in [0.3, 0.4) is 0 Å². The van der Waals surface area contributed by atoms with Gasteiger partial charge in [-0.15, -0.1) is 10.2 Å². The third-order valence-electron chi connectivity index (χ3n) is 5.03. The van der Waals surface area contributed by atoms with Crippen LogP contribution < -0.4 is 10.1 Å². The Morgan fingerprint density at radius 2 is 1.65 bits per heavy atom. The van der Waals surface area contributed by atoms with Crippen molar-refractivity contribution in [1.29, 1.82) is 0 Å². The van der Waals surface area contributed by atoms with Gasteiger partial charge in [-0.1, -0.05) is 30.0 Å². The summed E-state index contributed by atoms with van der Waals surface area (Å²) < 4.78 is 7.05. The van der Waals surface area contributed by atoms with Gasteiger partial charge in [0, 0.05) is 22.5 Å². The Balaban J connectivity index is 1.65. The van der Waals surface area contributed by atoms with E-state index in [1.165, 1.54) is 0 Å². The fraction of sp³-hybridized carbons (Fsp3) is 0.120. The number of amides is 1. The minimum atomic E-state index is -0.936. The molecule has 0 saturated heterocycles. The Hall–Kier alpha value is -4.11. The number of carboxylic acid groups (broad SMARTS) is 1. The Labute approximate surface area is 200 Å². The number of benzene rings is 3. The van der Waals surface area contributed by atoms with Gasteiger partial charge in [0.05, 0.1) is 7.11 Å². The molecule has 1 heterocycles. The van der Waals surface area contributed by atoms with E-state index in [1.807, 2.05) is 54.6 Å². The lowest BCUT2D eigenvalue weighted by molar-refractivity contribution is -0.136. The second kappa shape index (κ2) is 10.2. The SMILES string of the molecule is COc1ccc(-n2c(SC(C)C(=O)O)nnc2-c2ccc(NC(=O)c3ccccc3)cc2)cc1. The van der Waals surface area contributed by atoms with Crippen molar-refractivity contribution in [3.05, 3.63) is 84.4 Å². The summed E-state index contributed by atoms with van der Waals surface area (Å²) in [6.07, 6.45) is 0. The van der Waals surface area contributed by atoms with Crippen LogP contribution in [0.25, 0.3) is 17.1 Å². The van der Waals surface area contributed by atoms with Gasteiger partial charge in [-0.2, -0.15) is 0 Å². The predicted octanol–water partition coefficient (Wildman–Crippen LogP) is 4.76. The number of carbonyl (C=O) groups excluding carboxylic acids is 1. The van der Waals surface area contributed by atoms with Crippen LogP contribution >= 0.6 is 11.8 Å². The lowest BCUT2D eigenvalue weighted by atomic mass is 10.1. The van der Waals surface area contributed by atoms with Crippen molar-refractivity contribution >= 4 is 29.3 Å². The van der Waals surface area contributed by atoms with E-state index in [0.717, 1.165) is 23.0 Å². The molecule has 0 aliphatic rings. The summed E-state index contributed by atoms with van der Waals surface area (Å²) in [5.41, 5.74) is 2.74. The van der Waals surface area contributed by atoms with Crippen LogP contribution in [-0.2, 0) is 4.79 Å². The number of carbonyl (C=O) groups is 2. The molecule has 4 aromatic rings. The lowest BCUT2D eigenvalue weighted by Crippen LogP contribution is -2.13. The number of hydrogen-bond acceptors (Lipinski definition) is 6. The van der Waals surface area contributed by atoms with E-state index in [1.54, 1.807) is 42.9 Å². The monoisotopic (exact) mass is 474 g/mol. The minimum Gasteiger partial charge on any atom is -0.497 e. The second-order valence-electron chi connectivity index (χ2n) is 7.34.